The third-order valence-corrected chi connectivity index (χ3v) is 4.88. The largest absolute Gasteiger partial charge is 0.360 e. The van der Waals surface area contributed by atoms with Gasteiger partial charge in [0.05, 0.1) is 13.1 Å². The normalized spacial score (nSPS) is 14.6. The van der Waals surface area contributed by atoms with E-state index < -0.39 is 0 Å². The highest BCUT2D eigenvalue weighted by Crippen LogP contribution is 2.17. The lowest BCUT2D eigenvalue weighted by atomic mass is 10.2. The summed E-state index contributed by atoms with van der Waals surface area (Å²) < 4.78 is 0. The van der Waals surface area contributed by atoms with Crippen molar-refractivity contribution in [3.05, 3.63) is 64.7 Å². The number of piperazine rings is 1. The van der Waals surface area contributed by atoms with E-state index in [-0.39, 0.29) is 5.91 Å². The van der Waals surface area contributed by atoms with Crippen molar-refractivity contribution >= 4 is 29.2 Å². The highest BCUT2D eigenvalue weighted by atomic mass is 35.5. The zero-order valence-electron chi connectivity index (χ0n) is 16.0. The predicted molar refractivity (Wildman–Crippen MR) is 115 cm³/mol. The molecule has 1 saturated heterocycles. The second-order valence-electron chi connectivity index (χ2n) is 6.58. The van der Waals surface area contributed by atoms with Crippen molar-refractivity contribution in [2.45, 2.75) is 20.0 Å². The fraction of sp³-hybridized carbons (Fsp3) is 0.333. The summed E-state index contributed by atoms with van der Waals surface area (Å²) in [5, 5.41) is 10.2. The SMILES string of the molecule is CCNC(=NCc1ccc(N2CCNC(=O)C2)cc1)NCc1ccccc1Cl. The molecule has 3 rings (SSSR count). The van der Waals surface area contributed by atoms with Crippen LogP contribution in [0.3, 0.4) is 0 Å². The molecule has 1 amide bonds. The minimum atomic E-state index is 0.0693. The maximum absolute atomic E-state index is 11.5. The molecule has 1 fully saturated rings. The molecule has 7 heteroatoms. The molecule has 6 nitrogen and oxygen atoms in total. The molecule has 2 aromatic carbocycles. The molecule has 0 unspecified atom stereocenters. The van der Waals surface area contributed by atoms with E-state index in [0.29, 0.717) is 26.2 Å². The summed E-state index contributed by atoms with van der Waals surface area (Å²) in [6.07, 6.45) is 0. The Morgan fingerprint density at radius 1 is 1.18 bits per heavy atom. The minimum absolute atomic E-state index is 0.0693. The molecule has 1 heterocycles. The van der Waals surface area contributed by atoms with Crippen molar-refractivity contribution in [3.63, 3.8) is 0 Å². The molecule has 148 valence electrons. The van der Waals surface area contributed by atoms with Gasteiger partial charge in [-0.15, -0.1) is 0 Å². The van der Waals surface area contributed by atoms with Crippen LogP contribution in [0, 0.1) is 0 Å². The van der Waals surface area contributed by atoms with Gasteiger partial charge in [0.25, 0.3) is 0 Å². The van der Waals surface area contributed by atoms with Crippen molar-refractivity contribution in [2.24, 2.45) is 4.99 Å². The summed E-state index contributed by atoms with van der Waals surface area (Å²) in [6.45, 7) is 5.93. The van der Waals surface area contributed by atoms with Crippen LogP contribution < -0.4 is 20.9 Å². The summed E-state index contributed by atoms with van der Waals surface area (Å²) in [5.41, 5.74) is 3.20. The van der Waals surface area contributed by atoms with Crippen molar-refractivity contribution in [3.8, 4) is 0 Å². The lowest BCUT2D eigenvalue weighted by Gasteiger charge is -2.28. The average molecular weight is 400 g/mol. The Hall–Kier alpha value is -2.73. The highest BCUT2D eigenvalue weighted by Gasteiger charge is 2.16. The molecular formula is C21H26ClN5O. The molecule has 0 atom stereocenters. The Kier molecular flexibility index (Phi) is 7.14. The van der Waals surface area contributed by atoms with Crippen LogP contribution in [0.25, 0.3) is 0 Å². The van der Waals surface area contributed by atoms with E-state index in [1.54, 1.807) is 0 Å². The molecule has 1 aliphatic rings. The molecular weight excluding hydrogens is 374 g/mol. The number of nitrogens with one attached hydrogen (secondary N) is 3. The van der Waals surface area contributed by atoms with Crippen molar-refractivity contribution in [2.75, 3.05) is 31.1 Å². The Labute approximate surface area is 171 Å². The molecule has 0 bridgehead atoms. The third kappa shape index (κ3) is 5.63. The maximum atomic E-state index is 11.5. The molecule has 0 aromatic heterocycles. The van der Waals surface area contributed by atoms with Gasteiger partial charge < -0.3 is 20.9 Å². The fourth-order valence-corrected chi connectivity index (χ4v) is 3.21. The number of carbonyl (C=O) groups is 1. The first kappa shape index (κ1) is 20.0. The van der Waals surface area contributed by atoms with E-state index in [0.717, 1.165) is 40.9 Å². The predicted octanol–water partition coefficient (Wildman–Crippen LogP) is 2.53. The monoisotopic (exact) mass is 399 g/mol. The Balaban J connectivity index is 1.59. The molecule has 3 N–H and O–H groups in total. The lowest BCUT2D eigenvalue weighted by molar-refractivity contribution is -0.120. The number of guanidine groups is 1. The topological polar surface area (TPSA) is 68.8 Å². The second-order valence-corrected chi connectivity index (χ2v) is 6.99. The van der Waals surface area contributed by atoms with Crippen LogP contribution in [-0.2, 0) is 17.9 Å². The first-order chi connectivity index (χ1) is 13.7. The number of halogens is 1. The molecule has 0 saturated carbocycles. The molecule has 0 spiro atoms. The smallest absolute Gasteiger partial charge is 0.239 e. The molecule has 1 aliphatic heterocycles. The van der Waals surface area contributed by atoms with Crippen molar-refractivity contribution in [1.82, 2.24) is 16.0 Å². The minimum Gasteiger partial charge on any atom is -0.360 e. The van der Waals surface area contributed by atoms with E-state index in [2.05, 4.69) is 38.0 Å². The van der Waals surface area contributed by atoms with Crippen molar-refractivity contribution < 1.29 is 4.79 Å². The van der Waals surface area contributed by atoms with Gasteiger partial charge in [-0.3, -0.25) is 4.79 Å². The summed E-state index contributed by atoms with van der Waals surface area (Å²) in [7, 11) is 0. The number of hydrogen-bond donors (Lipinski definition) is 3. The van der Waals surface area contributed by atoms with Gasteiger partial charge >= 0.3 is 0 Å². The number of nitrogens with zero attached hydrogens (tertiary/aromatic N) is 2. The number of aliphatic imine (C=N–C) groups is 1. The zero-order valence-corrected chi connectivity index (χ0v) is 16.8. The van der Waals surface area contributed by atoms with Gasteiger partial charge in [0.2, 0.25) is 5.91 Å². The zero-order chi connectivity index (χ0) is 19.8. The van der Waals surface area contributed by atoms with Gasteiger partial charge in [0.15, 0.2) is 5.96 Å². The van der Waals surface area contributed by atoms with E-state index in [1.165, 1.54) is 0 Å². The number of anilines is 1. The number of hydrogen-bond acceptors (Lipinski definition) is 3. The third-order valence-electron chi connectivity index (χ3n) is 4.51. The van der Waals surface area contributed by atoms with Crippen LogP contribution in [0.2, 0.25) is 5.02 Å². The van der Waals surface area contributed by atoms with Gasteiger partial charge in [-0.25, -0.2) is 4.99 Å². The fourth-order valence-electron chi connectivity index (χ4n) is 3.00. The Morgan fingerprint density at radius 2 is 1.96 bits per heavy atom. The molecule has 0 aliphatic carbocycles. The second kappa shape index (κ2) is 9.99. The van der Waals surface area contributed by atoms with Crippen LogP contribution in [0.5, 0.6) is 0 Å². The van der Waals surface area contributed by atoms with Crippen LogP contribution in [0.4, 0.5) is 5.69 Å². The number of rotatable bonds is 6. The molecule has 0 radical (unpaired) electrons. The van der Waals surface area contributed by atoms with Crippen molar-refractivity contribution in [1.29, 1.82) is 0 Å². The number of carbonyl (C=O) groups excluding carboxylic acids is 1. The van der Waals surface area contributed by atoms with Gasteiger partial charge in [0, 0.05) is 36.9 Å². The summed E-state index contributed by atoms with van der Waals surface area (Å²) in [4.78, 5) is 18.3. The van der Waals surface area contributed by atoms with Crippen LogP contribution in [-0.4, -0.2) is 38.0 Å². The number of benzene rings is 2. The first-order valence-corrected chi connectivity index (χ1v) is 9.89. The van der Waals surface area contributed by atoms with E-state index in [1.807, 2.05) is 43.3 Å². The van der Waals surface area contributed by atoms with Gasteiger partial charge in [-0.1, -0.05) is 41.9 Å². The van der Waals surface area contributed by atoms with Crippen LogP contribution in [0.15, 0.2) is 53.5 Å². The molecule has 28 heavy (non-hydrogen) atoms. The molecule has 2 aromatic rings. The van der Waals surface area contributed by atoms with E-state index in [9.17, 15) is 4.79 Å². The average Bonchev–Trinajstić information content (AvgIpc) is 2.71. The summed E-state index contributed by atoms with van der Waals surface area (Å²) in [5.74, 6) is 0.819. The Morgan fingerprint density at radius 3 is 2.68 bits per heavy atom. The standard InChI is InChI=1S/C21H26ClN5O/c1-2-23-21(26-14-17-5-3-4-6-19(17)22)25-13-16-7-9-18(10-8-16)27-12-11-24-20(28)15-27/h3-10H,2,11-15H2,1H3,(H,24,28)(H2,23,25,26). The highest BCUT2D eigenvalue weighted by molar-refractivity contribution is 6.31. The van der Waals surface area contributed by atoms with Crippen LogP contribution in [0.1, 0.15) is 18.1 Å². The van der Waals surface area contributed by atoms with Gasteiger partial charge in [-0.2, -0.15) is 0 Å². The maximum Gasteiger partial charge on any atom is 0.239 e. The number of amides is 1. The summed E-state index contributed by atoms with van der Waals surface area (Å²) in [6, 6.07) is 16.0. The van der Waals surface area contributed by atoms with E-state index in [4.69, 9.17) is 11.6 Å². The van der Waals surface area contributed by atoms with Crippen LogP contribution >= 0.6 is 11.6 Å². The first-order valence-electron chi connectivity index (χ1n) is 9.52. The quantitative estimate of drug-likeness (QED) is 0.515. The Bertz CT molecular complexity index is 822. The van der Waals surface area contributed by atoms with E-state index >= 15 is 0 Å². The lowest BCUT2D eigenvalue weighted by Crippen LogP contribution is -2.47. The summed E-state index contributed by atoms with van der Waals surface area (Å²) >= 11 is 6.22. The van der Waals surface area contributed by atoms with Gasteiger partial charge in [0.1, 0.15) is 0 Å². The van der Waals surface area contributed by atoms with Gasteiger partial charge in [-0.05, 0) is 36.2 Å².